The zero-order chi connectivity index (χ0) is 17.5. The van der Waals surface area contributed by atoms with Gasteiger partial charge in [-0.2, -0.15) is 0 Å². The number of carbonyl (C=O) groups excluding carboxylic acids is 2. The van der Waals surface area contributed by atoms with Gasteiger partial charge in [0.25, 0.3) is 0 Å². The molecule has 1 aromatic carbocycles. The lowest BCUT2D eigenvalue weighted by atomic mass is 9.97. The molecule has 2 rings (SSSR count). The lowest BCUT2D eigenvalue weighted by Crippen LogP contribution is -2.46. The summed E-state index contributed by atoms with van der Waals surface area (Å²) in [5, 5.41) is 9.00. The maximum atomic E-state index is 12.4. The Bertz CT molecular complexity index is 580. The predicted molar refractivity (Wildman–Crippen MR) is 89.3 cm³/mol. The van der Waals surface area contributed by atoms with Crippen molar-refractivity contribution in [2.45, 2.75) is 26.2 Å². The van der Waals surface area contributed by atoms with E-state index in [4.69, 9.17) is 5.11 Å². The standard InChI is InChI=1S/C18H24N2O4/c1-14(21)20(10-7-15-5-3-2-4-6-15)13-17(22)19-11-8-16(9-12-19)18(23)24/h2-6,16H,7-13H2,1H3,(H,23,24). The second-order valence-corrected chi connectivity index (χ2v) is 6.17. The summed E-state index contributed by atoms with van der Waals surface area (Å²) in [6.45, 7) is 2.91. The predicted octanol–water partition coefficient (Wildman–Crippen LogP) is 1.40. The fraction of sp³-hybridized carbons (Fsp3) is 0.500. The molecular weight excluding hydrogens is 308 g/mol. The lowest BCUT2D eigenvalue weighted by Gasteiger charge is -2.32. The molecule has 6 heteroatoms. The first-order chi connectivity index (χ1) is 11.5. The summed E-state index contributed by atoms with van der Waals surface area (Å²) in [6.07, 6.45) is 1.66. The molecular formula is C18H24N2O4. The smallest absolute Gasteiger partial charge is 0.306 e. The van der Waals surface area contributed by atoms with Crippen molar-refractivity contribution in [1.82, 2.24) is 9.80 Å². The number of benzene rings is 1. The second-order valence-electron chi connectivity index (χ2n) is 6.17. The van der Waals surface area contributed by atoms with Crippen LogP contribution >= 0.6 is 0 Å². The van der Waals surface area contributed by atoms with Crippen molar-refractivity contribution < 1.29 is 19.5 Å². The van der Waals surface area contributed by atoms with Crippen LogP contribution in [0, 0.1) is 5.92 Å². The van der Waals surface area contributed by atoms with Gasteiger partial charge in [0.05, 0.1) is 12.5 Å². The van der Waals surface area contributed by atoms with Gasteiger partial charge in [-0.25, -0.2) is 0 Å². The van der Waals surface area contributed by atoms with Gasteiger partial charge in [-0.1, -0.05) is 30.3 Å². The lowest BCUT2D eigenvalue weighted by molar-refractivity contribution is -0.146. The molecule has 0 radical (unpaired) electrons. The van der Waals surface area contributed by atoms with Crippen LogP contribution in [0.4, 0.5) is 0 Å². The number of aliphatic carboxylic acids is 1. The van der Waals surface area contributed by atoms with E-state index in [1.165, 1.54) is 6.92 Å². The van der Waals surface area contributed by atoms with Gasteiger partial charge in [-0.05, 0) is 24.8 Å². The van der Waals surface area contributed by atoms with Crippen LogP contribution in [0.25, 0.3) is 0 Å². The number of carboxylic acid groups (broad SMARTS) is 1. The number of carbonyl (C=O) groups is 3. The summed E-state index contributed by atoms with van der Waals surface area (Å²) in [5.41, 5.74) is 1.12. The van der Waals surface area contributed by atoms with Gasteiger partial charge in [-0.3, -0.25) is 14.4 Å². The number of piperidine rings is 1. The molecule has 24 heavy (non-hydrogen) atoms. The Morgan fingerprint density at radius 2 is 1.79 bits per heavy atom. The van der Waals surface area contributed by atoms with Crippen LogP contribution in [0.3, 0.4) is 0 Å². The first kappa shape index (κ1) is 18.0. The molecule has 1 aliphatic heterocycles. The first-order valence-electron chi connectivity index (χ1n) is 8.27. The van der Waals surface area contributed by atoms with Gasteiger partial charge in [0.1, 0.15) is 0 Å². The second kappa shape index (κ2) is 8.47. The molecule has 0 unspecified atom stereocenters. The molecule has 0 spiro atoms. The van der Waals surface area contributed by atoms with Crippen molar-refractivity contribution >= 4 is 17.8 Å². The maximum absolute atomic E-state index is 12.4. The molecule has 1 heterocycles. The fourth-order valence-electron chi connectivity index (χ4n) is 2.90. The average molecular weight is 332 g/mol. The Balaban J connectivity index is 1.85. The molecule has 1 N–H and O–H groups in total. The highest BCUT2D eigenvalue weighted by Gasteiger charge is 2.28. The van der Waals surface area contributed by atoms with Crippen LogP contribution in [0.1, 0.15) is 25.3 Å². The topological polar surface area (TPSA) is 77.9 Å². The molecule has 0 saturated carbocycles. The third-order valence-electron chi connectivity index (χ3n) is 4.48. The largest absolute Gasteiger partial charge is 0.481 e. The highest BCUT2D eigenvalue weighted by molar-refractivity contribution is 5.84. The molecule has 1 saturated heterocycles. The Morgan fingerprint density at radius 1 is 1.17 bits per heavy atom. The summed E-state index contributed by atoms with van der Waals surface area (Å²) in [7, 11) is 0. The van der Waals surface area contributed by atoms with Crippen LogP contribution in [0.5, 0.6) is 0 Å². The van der Waals surface area contributed by atoms with Crippen LogP contribution in [-0.4, -0.2) is 58.9 Å². The maximum Gasteiger partial charge on any atom is 0.306 e. The van der Waals surface area contributed by atoms with E-state index in [1.54, 1.807) is 9.80 Å². The summed E-state index contributed by atoms with van der Waals surface area (Å²) in [4.78, 5) is 38.4. The van der Waals surface area contributed by atoms with E-state index in [9.17, 15) is 14.4 Å². The van der Waals surface area contributed by atoms with E-state index in [2.05, 4.69) is 0 Å². The molecule has 0 aliphatic carbocycles. The molecule has 1 fully saturated rings. The number of nitrogens with zero attached hydrogens (tertiary/aromatic N) is 2. The highest BCUT2D eigenvalue weighted by atomic mass is 16.4. The fourth-order valence-corrected chi connectivity index (χ4v) is 2.90. The minimum atomic E-state index is -0.796. The van der Waals surface area contributed by atoms with E-state index in [1.807, 2.05) is 30.3 Å². The summed E-state index contributed by atoms with van der Waals surface area (Å²) in [5.74, 6) is -1.40. The minimum Gasteiger partial charge on any atom is -0.481 e. The summed E-state index contributed by atoms with van der Waals surface area (Å²) in [6, 6.07) is 9.83. The number of rotatable bonds is 6. The molecule has 1 aliphatic rings. The van der Waals surface area contributed by atoms with Crippen LogP contribution < -0.4 is 0 Å². The van der Waals surface area contributed by atoms with Crippen LogP contribution in [-0.2, 0) is 20.8 Å². The monoisotopic (exact) mass is 332 g/mol. The molecule has 2 amide bonds. The quantitative estimate of drug-likeness (QED) is 0.854. The number of carboxylic acids is 1. The van der Waals surface area contributed by atoms with Gasteiger partial charge >= 0.3 is 5.97 Å². The van der Waals surface area contributed by atoms with Crippen molar-refractivity contribution in [2.75, 3.05) is 26.2 Å². The number of hydrogen-bond acceptors (Lipinski definition) is 3. The Labute approximate surface area is 142 Å². The van der Waals surface area contributed by atoms with E-state index < -0.39 is 5.97 Å². The summed E-state index contributed by atoms with van der Waals surface area (Å²) < 4.78 is 0. The molecule has 0 aromatic heterocycles. The van der Waals surface area contributed by atoms with Gasteiger partial charge < -0.3 is 14.9 Å². The first-order valence-corrected chi connectivity index (χ1v) is 8.27. The molecule has 0 atom stereocenters. The van der Waals surface area contributed by atoms with Crippen molar-refractivity contribution in [3.05, 3.63) is 35.9 Å². The highest BCUT2D eigenvalue weighted by Crippen LogP contribution is 2.17. The van der Waals surface area contributed by atoms with Gasteiger partial charge in [0.15, 0.2) is 0 Å². The number of hydrogen-bond donors (Lipinski definition) is 1. The molecule has 130 valence electrons. The van der Waals surface area contributed by atoms with E-state index >= 15 is 0 Å². The van der Waals surface area contributed by atoms with Crippen LogP contribution in [0.15, 0.2) is 30.3 Å². The van der Waals surface area contributed by atoms with E-state index in [0.717, 1.165) is 5.56 Å². The van der Waals surface area contributed by atoms with Gasteiger partial charge in [0.2, 0.25) is 11.8 Å². The molecule has 0 bridgehead atoms. The number of likely N-dealkylation sites (tertiary alicyclic amines) is 1. The van der Waals surface area contributed by atoms with Crippen molar-refractivity contribution in [2.24, 2.45) is 5.92 Å². The average Bonchev–Trinajstić information content (AvgIpc) is 2.59. The van der Waals surface area contributed by atoms with Crippen molar-refractivity contribution in [1.29, 1.82) is 0 Å². The Morgan fingerprint density at radius 3 is 2.33 bits per heavy atom. The Kier molecular flexibility index (Phi) is 6.35. The minimum absolute atomic E-state index is 0.0555. The SMILES string of the molecule is CC(=O)N(CCc1ccccc1)CC(=O)N1CCC(C(=O)O)CC1. The molecule has 6 nitrogen and oxygen atoms in total. The summed E-state index contributed by atoms with van der Waals surface area (Å²) >= 11 is 0. The van der Waals surface area contributed by atoms with Gasteiger partial charge in [-0.15, -0.1) is 0 Å². The van der Waals surface area contributed by atoms with E-state index in [0.29, 0.717) is 38.9 Å². The van der Waals surface area contributed by atoms with Crippen molar-refractivity contribution in [3.63, 3.8) is 0 Å². The van der Waals surface area contributed by atoms with Gasteiger partial charge in [0, 0.05) is 26.6 Å². The zero-order valence-corrected chi connectivity index (χ0v) is 14.0. The Hall–Kier alpha value is -2.37. The zero-order valence-electron chi connectivity index (χ0n) is 14.0. The van der Waals surface area contributed by atoms with E-state index in [-0.39, 0.29) is 24.3 Å². The van der Waals surface area contributed by atoms with Crippen LogP contribution in [0.2, 0.25) is 0 Å². The van der Waals surface area contributed by atoms with Crippen molar-refractivity contribution in [3.8, 4) is 0 Å². The third-order valence-corrected chi connectivity index (χ3v) is 4.48. The number of amides is 2. The normalized spacial score (nSPS) is 15.1. The third kappa shape index (κ3) is 5.08. The molecule has 1 aromatic rings.